The normalized spacial score (nSPS) is 16.0. The first-order chi connectivity index (χ1) is 22.4. The minimum atomic E-state index is -5.08. The number of likely N-dealkylation sites (tertiary alicyclic amines) is 1. The Balaban J connectivity index is 0.000000479. The molecule has 2 aromatic carbocycles. The number of aromatic nitrogens is 1. The van der Waals surface area contributed by atoms with Crippen molar-refractivity contribution in [3.05, 3.63) is 84.1 Å². The van der Waals surface area contributed by atoms with Gasteiger partial charge in [0, 0.05) is 41.8 Å². The van der Waals surface area contributed by atoms with Crippen LogP contribution in [-0.4, -0.2) is 87.1 Å². The van der Waals surface area contributed by atoms with Crippen molar-refractivity contribution in [2.75, 3.05) is 19.6 Å². The molecule has 1 fully saturated rings. The molecule has 0 aliphatic carbocycles. The maximum absolute atomic E-state index is 12.8. The number of hydrogen-bond acceptors (Lipinski definition) is 8. The van der Waals surface area contributed by atoms with Crippen LogP contribution in [-0.2, 0) is 21.0 Å². The maximum Gasteiger partial charge on any atom is 0.490 e. The molecule has 1 aliphatic rings. The number of alkyl halides is 6. The zero-order valence-corrected chi connectivity index (χ0v) is 25.0. The summed E-state index contributed by atoms with van der Waals surface area (Å²) < 4.78 is 69.4. The Labute approximate surface area is 268 Å². The molecule has 1 aliphatic heterocycles. The summed E-state index contributed by atoms with van der Waals surface area (Å²) in [6, 6.07) is 16.4. The number of carbonyl (C=O) groups is 4. The first kappa shape index (κ1) is 39.0. The molecule has 0 spiro atoms. The number of ether oxygens (including phenoxy) is 1. The van der Waals surface area contributed by atoms with Gasteiger partial charge < -0.3 is 20.3 Å². The Morgan fingerprint density at radius 1 is 0.979 bits per heavy atom. The predicted molar refractivity (Wildman–Crippen MR) is 156 cm³/mol. The molecule has 0 bridgehead atoms. The number of benzene rings is 2. The molecule has 5 N–H and O–H groups in total. The quantitative estimate of drug-likeness (QED) is 0.100. The molecule has 260 valence electrons. The summed E-state index contributed by atoms with van der Waals surface area (Å²) in [7, 11) is 0. The summed E-state index contributed by atoms with van der Waals surface area (Å²) in [5.41, 5.74) is 5.06. The van der Waals surface area contributed by atoms with Crippen molar-refractivity contribution in [3.63, 3.8) is 0 Å². The van der Waals surface area contributed by atoms with Gasteiger partial charge in [-0.2, -0.15) is 26.3 Å². The average molecular weight is 689 g/mol. The smallest absolute Gasteiger partial charge is 0.489 e. The maximum atomic E-state index is 12.8. The van der Waals surface area contributed by atoms with E-state index in [1.54, 1.807) is 35.8 Å². The summed E-state index contributed by atoms with van der Waals surface area (Å²) in [6.45, 7) is 7.58. The Morgan fingerprint density at radius 2 is 1.54 bits per heavy atom. The first-order valence-corrected chi connectivity index (χ1v) is 13.6. The van der Waals surface area contributed by atoms with Gasteiger partial charge in [0.25, 0.3) is 5.91 Å². The minimum absolute atomic E-state index is 0.288. The van der Waals surface area contributed by atoms with Crippen LogP contribution in [0.4, 0.5) is 26.3 Å². The average Bonchev–Trinajstić information content (AvgIpc) is 3.41. The predicted octanol–water partition coefficient (Wildman–Crippen LogP) is 4.11. The lowest BCUT2D eigenvalue weighted by molar-refractivity contribution is -0.193. The molecule has 3 aromatic rings. The number of aliphatic carboxylic acids is 2. The molecule has 2 atom stereocenters. The summed E-state index contributed by atoms with van der Waals surface area (Å²) in [4.78, 5) is 49.2. The van der Waals surface area contributed by atoms with E-state index in [0.717, 1.165) is 22.2 Å². The van der Waals surface area contributed by atoms with Gasteiger partial charge in [0.1, 0.15) is 12.4 Å². The third kappa shape index (κ3) is 11.8. The van der Waals surface area contributed by atoms with Crippen LogP contribution in [0, 0.1) is 12.8 Å². The van der Waals surface area contributed by atoms with Crippen LogP contribution in [0.3, 0.4) is 0 Å². The molecule has 0 saturated carbocycles. The number of hydrogen-bond donors (Lipinski definition) is 5. The lowest BCUT2D eigenvalue weighted by Crippen LogP contribution is -2.45. The number of rotatable bonds is 8. The van der Waals surface area contributed by atoms with Gasteiger partial charge in [-0.05, 0) is 43.3 Å². The number of aryl methyl sites for hydroxylation is 1. The van der Waals surface area contributed by atoms with Crippen LogP contribution >= 0.6 is 0 Å². The Kier molecular flexibility index (Phi) is 13.9. The van der Waals surface area contributed by atoms with E-state index < -0.39 is 42.2 Å². The lowest BCUT2D eigenvalue weighted by atomic mass is 10.0. The van der Waals surface area contributed by atoms with E-state index in [4.69, 9.17) is 29.7 Å². The second kappa shape index (κ2) is 17.1. The summed E-state index contributed by atoms with van der Waals surface area (Å²) in [5, 5.41) is 27.3. The number of carbonyl (C=O) groups excluding carboxylic acids is 2. The third-order valence-corrected chi connectivity index (χ3v) is 6.47. The van der Waals surface area contributed by atoms with Crippen molar-refractivity contribution in [3.8, 4) is 5.75 Å². The van der Waals surface area contributed by atoms with Gasteiger partial charge >= 0.3 is 24.3 Å². The monoisotopic (exact) mass is 688 g/mol. The van der Waals surface area contributed by atoms with E-state index in [0.29, 0.717) is 37.6 Å². The lowest BCUT2D eigenvalue weighted by Gasteiger charge is -2.18. The number of halogens is 6. The van der Waals surface area contributed by atoms with Gasteiger partial charge in [-0.3, -0.25) is 24.7 Å². The summed E-state index contributed by atoms with van der Waals surface area (Å²) in [5.74, 6) is -6.22. The highest BCUT2D eigenvalue weighted by molar-refractivity contribution is 5.95. The van der Waals surface area contributed by atoms with E-state index >= 15 is 0 Å². The number of pyridine rings is 1. The highest BCUT2D eigenvalue weighted by Gasteiger charge is 2.39. The second-order valence-electron chi connectivity index (χ2n) is 10.0. The van der Waals surface area contributed by atoms with E-state index in [1.807, 2.05) is 42.2 Å². The summed E-state index contributed by atoms with van der Waals surface area (Å²) in [6.07, 6.45) is -8.42. The largest absolute Gasteiger partial charge is 0.490 e. The zero-order valence-electron chi connectivity index (χ0n) is 25.0. The van der Waals surface area contributed by atoms with Crippen molar-refractivity contribution >= 4 is 34.7 Å². The molecule has 18 heteroatoms. The van der Waals surface area contributed by atoms with Crippen LogP contribution in [0.1, 0.15) is 21.6 Å². The van der Waals surface area contributed by atoms with E-state index in [9.17, 15) is 35.9 Å². The summed E-state index contributed by atoms with van der Waals surface area (Å²) >= 11 is 0. The van der Waals surface area contributed by atoms with Gasteiger partial charge in [0.2, 0.25) is 5.91 Å². The number of carboxylic acids is 2. The van der Waals surface area contributed by atoms with Gasteiger partial charge in [-0.15, -0.1) is 6.58 Å². The van der Waals surface area contributed by atoms with E-state index in [1.165, 1.54) is 0 Å². The van der Waals surface area contributed by atoms with Gasteiger partial charge in [0.15, 0.2) is 0 Å². The topological polar surface area (TPSA) is 178 Å². The Hall–Kier alpha value is -5.23. The number of nitrogens with zero attached hydrogens (tertiary/aromatic N) is 2. The molecular weight excluding hydrogens is 658 g/mol. The second-order valence-corrected chi connectivity index (χ2v) is 10.0. The van der Waals surface area contributed by atoms with Crippen molar-refractivity contribution in [2.45, 2.75) is 31.9 Å². The fraction of sp³-hybridized carbons (Fsp3) is 0.300. The standard InChI is InChI=1S/C26H28N4O4.2C2HF3O2/c1-3-12-30-14-22(26(32)29-33)24(15-30)28-25(31)18-8-10-20(11-9-18)34-16-19-13-17(2)27-23-7-5-4-6-21(19)23;2*3-2(4,5)1(6)7/h3-11,13,22,24,33H,1,12,14-16H2,2H3,(H,28,31)(H,29,32);2*(H,6,7)/t22-,24+;;/m0../s1. The van der Waals surface area contributed by atoms with Crippen molar-refractivity contribution in [2.24, 2.45) is 5.92 Å². The molecule has 12 nitrogen and oxygen atoms in total. The van der Waals surface area contributed by atoms with Crippen molar-refractivity contribution in [1.82, 2.24) is 20.7 Å². The number of nitrogens with one attached hydrogen (secondary N) is 2. The molecule has 4 rings (SSSR count). The van der Waals surface area contributed by atoms with Crippen LogP contribution in [0.15, 0.2) is 67.3 Å². The van der Waals surface area contributed by atoms with Gasteiger partial charge in [-0.25, -0.2) is 15.1 Å². The number of para-hydroxylation sites is 1. The molecule has 48 heavy (non-hydrogen) atoms. The number of carboxylic acid groups (broad SMARTS) is 2. The fourth-order valence-corrected chi connectivity index (χ4v) is 4.34. The van der Waals surface area contributed by atoms with Crippen LogP contribution < -0.4 is 15.5 Å². The minimum Gasteiger partial charge on any atom is -0.489 e. The molecule has 0 radical (unpaired) electrons. The van der Waals surface area contributed by atoms with Gasteiger partial charge in [-0.1, -0.05) is 24.3 Å². The number of amides is 2. The zero-order chi connectivity index (χ0) is 36.2. The van der Waals surface area contributed by atoms with E-state index in [-0.39, 0.29) is 5.91 Å². The highest BCUT2D eigenvalue weighted by atomic mass is 19.4. The Morgan fingerprint density at radius 3 is 2.06 bits per heavy atom. The number of fused-ring (bicyclic) bond motifs is 1. The van der Waals surface area contributed by atoms with Crippen LogP contribution in [0.5, 0.6) is 5.75 Å². The molecule has 1 saturated heterocycles. The first-order valence-electron chi connectivity index (χ1n) is 13.6. The molecule has 2 heterocycles. The Bertz CT molecular complexity index is 1570. The molecular formula is C30H30F6N4O8. The van der Waals surface area contributed by atoms with Gasteiger partial charge in [0.05, 0.1) is 17.5 Å². The molecule has 1 aromatic heterocycles. The van der Waals surface area contributed by atoms with Crippen LogP contribution in [0.2, 0.25) is 0 Å². The third-order valence-electron chi connectivity index (χ3n) is 6.47. The fourth-order valence-electron chi connectivity index (χ4n) is 4.34. The van der Waals surface area contributed by atoms with E-state index in [2.05, 4.69) is 16.9 Å². The van der Waals surface area contributed by atoms with Crippen LogP contribution in [0.25, 0.3) is 10.9 Å². The van der Waals surface area contributed by atoms with Crippen molar-refractivity contribution in [1.29, 1.82) is 0 Å². The van der Waals surface area contributed by atoms with Crippen molar-refractivity contribution < 1.29 is 65.7 Å². The SMILES string of the molecule is C=CCN1C[C@H](C(=O)NO)[C@H](NC(=O)c2ccc(OCc3cc(C)nc4ccccc34)cc2)C1.O=C(O)C(F)(F)F.O=C(O)C(F)(F)F. The highest BCUT2D eigenvalue weighted by Crippen LogP contribution is 2.22. The number of hydroxylamine groups is 1. The molecule has 0 unspecified atom stereocenters. The molecule has 2 amide bonds.